The Morgan fingerprint density at radius 1 is 1.16 bits per heavy atom. The van der Waals surface area contributed by atoms with E-state index in [1.54, 1.807) is 12.1 Å². The summed E-state index contributed by atoms with van der Waals surface area (Å²) in [5.74, 6) is -0.0613. The van der Waals surface area contributed by atoms with Crippen molar-refractivity contribution in [3.8, 4) is 0 Å². The van der Waals surface area contributed by atoms with Crippen molar-refractivity contribution in [1.82, 2.24) is 9.62 Å². The molecule has 31 heavy (non-hydrogen) atoms. The van der Waals surface area contributed by atoms with Crippen LogP contribution in [-0.4, -0.2) is 50.9 Å². The standard InChI is InChI=1S/C21H29FN4O4S/c22-16-3-1-2-4-17(16)26-6-5-25(31(26,29)30)12-18(27)24-19-14-7-13-8-15(19)11-21(9-13,10-14)20(23)28/h1-4,13-15,19,29-30H,5-12H2,(H2,23,28)(H,24,27). The minimum Gasteiger partial charge on any atom is -0.369 e. The molecule has 1 heterocycles. The summed E-state index contributed by atoms with van der Waals surface area (Å²) >= 11 is 0. The highest BCUT2D eigenvalue weighted by Gasteiger charge is 2.58. The van der Waals surface area contributed by atoms with Crippen LogP contribution in [-0.2, 0) is 9.59 Å². The molecule has 2 atom stereocenters. The van der Waals surface area contributed by atoms with Gasteiger partial charge in [-0.15, -0.1) is 0 Å². The van der Waals surface area contributed by atoms with Crippen molar-refractivity contribution in [3.05, 3.63) is 30.1 Å². The van der Waals surface area contributed by atoms with Crippen LogP contribution in [0.3, 0.4) is 0 Å². The van der Waals surface area contributed by atoms with E-state index in [2.05, 4.69) is 5.32 Å². The van der Waals surface area contributed by atoms with E-state index in [-0.39, 0.29) is 55.0 Å². The van der Waals surface area contributed by atoms with Gasteiger partial charge >= 0.3 is 0 Å². The van der Waals surface area contributed by atoms with E-state index < -0.39 is 22.2 Å². The van der Waals surface area contributed by atoms with E-state index in [1.165, 1.54) is 20.7 Å². The van der Waals surface area contributed by atoms with Gasteiger partial charge in [0.25, 0.3) is 0 Å². The fourth-order valence-electron chi connectivity index (χ4n) is 6.61. The molecule has 6 rings (SSSR count). The van der Waals surface area contributed by atoms with E-state index in [0.29, 0.717) is 5.92 Å². The zero-order valence-electron chi connectivity index (χ0n) is 17.2. The molecular formula is C21H29FN4O4S. The predicted octanol–water partition coefficient (Wildman–Crippen LogP) is 2.32. The molecule has 5 aliphatic rings. The highest BCUT2D eigenvalue weighted by Crippen LogP contribution is 2.60. The summed E-state index contributed by atoms with van der Waals surface area (Å²) in [5.41, 5.74) is 5.43. The van der Waals surface area contributed by atoms with Gasteiger partial charge in [-0.25, -0.2) is 4.39 Å². The molecule has 4 aliphatic carbocycles. The minimum absolute atomic E-state index is 0.0106. The Balaban J connectivity index is 1.25. The van der Waals surface area contributed by atoms with Gasteiger partial charge < -0.3 is 11.1 Å². The number of hydrogen-bond donors (Lipinski definition) is 4. The third kappa shape index (κ3) is 3.40. The monoisotopic (exact) mass is 452 g/mol. The minimum atomic E-state index is -3.48. The summed E-state index contributed by atoms with van der Waals surface area (Å²) in [6.07, 6.45) is 4.31. The molecule has 0 aromatic heterocycles. The fraction of sp³-hybridized carbons (Fsp3) is 0.619. The number of rotatable bonds is 5. The van der Waals surface area contributed by atoms with Crippen molar-refractivity contribution < 1.29 is 23.1 Å². The number of benzene rings is 1. The van der Waals surface area contributed by atoms with Crippen LogP contribution in [0.1, 0.15) is 32.1 Å². The Morgan fingerprint density at radius 2 is 1.84 bits per heavy atom. The average molecular weight is 453 g/mol. The van der Waals surface area contributed by atoms with E-state index in [4.69, 9.17) is 5.73 Å². The van der Waals surface area contributed by atoms with Gasteiger partial charge in [0.05, 0.1) is 18.8 Å². The van der Waals surface area contributed by atoms with Crippen molar-refractivity contribution in [1.29, 1.82) is 0 Å². The number of para-hydroxylation sites is 1. The first-order valence-electron chi connectivity index (χ1n) is 10.8. The van der Waals surface area contributed by atoms with Gasteiger partial charge in [-0.2, -0.15) is 4.31 Å². The smallest absolute Gasteiger partial charge is 0.236 e. The molecule has 2 unspecified atom stereocenters. The molecule has 8 nitrogen and oxygen atoms in total. The van der Waals surface area contributed by atoms with Crippen LogP contribution in [0.15, 0.2) is 24.3 Å². The zero-order valence-corrected chi connectivity index (χ0v) is 18.1. The van der Waals surface area contributed by atoms with Crippen LogP contribution in [0.2, 0.25) is 0 Å². The van der Waals surface area contributed by atoms with Crippen LogP contribution in [0.4, 0.5) is 10.1 Å². The van der Waals surface area contributed by atoms with Crippen LogP contribution >= 0.6 is 11.0 Å². The van der Waals surface area contributed by atoms with Gasteiger partial charge in [0.2, 0.25) is 11.8 Å². The summed E-state index contributed by atoms with van der Waals surface area (Å²) in [4.78, 5) is 25.0. The molecule has 170 valence electrons. The molecule has 1 aromatic rings. The second-order valence-corrected chi connectivity index (χ2v) is 11.6. The highest BCUT2D eigenvalue weighted by molar-refractivity contribution is 8.23. The highest BCUT2D eigenvalue weighted by atomic mass is 32.3. The van der Waals surface area contributed by atoms with Gasteiger partial charge in [-0.3, -0.25) is 23.0 Å². The first kappa shape index (κ1) is 21.0. The van der Waals surface area contributed by atoms with Gasteiger partial charge in [0.1, 0.15) is 5.82 Å². The molecule has 5 fully saturated rings. The molecule has 10 heteroatoms. The van der Waals surface area contributed by atoms with Gasteiger partial charge in [-0.1, -0.05) is 12.1 Å². The molecular weight excluding hydrogens is 423 g/mol. The number of halogens is 1. The molecule has 1 aromatic carbocycles. The summed E-state index contributed by atoms with van der Waals surface area (Å²) in [5, 5.41) is 3.11. The molecule has 0 spiro atoms. The fourth-order valence-corrected chi connectivity index (χ4v) is 8.25. The summed E-state index contributed by atoms with van der Waals surface area (Å²) < 4.78 is 38.2. The Kier molecular flexibility index (Phi) is 4.96. The third-order valence-corrected chi connectivity index (χ3v) is 9.73. The maximum atomic E-state index is 14.2. The van der Waals surface area contributed by atoms with E-state index in [9.17, 15) is 23.1 Å². The number of anilines is 1. The lowest BCUT2D eigenvalue weighted by Crippen LogP contribution is -2.62. The maximum Gasteiger partial charge on any atom is 0.236 e. The number of carbonyl (C=O) groups excluding carboxylic acids is 2. The Bertz CT molecular complexity index is 899. The second kappa shape index (κ2) is 7.33. The second-order valence-electron chi connectivity index (χ2n) is 9.61. The first-order valence-corrected chi connectivity index (χ1v) is 12.3. The van der Waals surface area contributed by atoms with Crippen molar-refractivity contribution in [2.75, 3.05) is 23.9 Å². The quantitative estimate of drug-likeness (QED) is 0.544. The third-order valence-electron chi connectivity index (χ3n) is 7.76. The molecule has 1 saturated heterocycles. The zero-order chi connectivity index (χ0) is 22.0. The lowest BCUT2D eigenvalue weighted by molar-refractivity contribution is -0.147. The van der Waals surface area contributed by atoms with Crippen molar-refractivity contribution in [2.24, 2.45) is 28.9 Å². The van der Waals surface area contributed by atoms with Crippen molar-refractivity contribution in [3.63, 3.8) is 0 Å². The molecule has 4 saturated carbocycles. The number of nitrogens with zero attached hydrogens (tertiary/aromatic N) is 2. The van der Waals surface area contributed by atoms with Gasteiger partial charge in [0.15, 0.2) is 0 Å². The summed E-state index contributed by atoms with van der Waals surface area (Å²) in [7, 11) is -3.48. The predicted molar refractivity (Wildman–Crippen MR) is 115 cm³/mol. The van der Waals surface area contributed by atoms with E-state index >= 15 is 0 Å². The number of nitrogens with two attached hydrogens (primary N) is 1. The van der Waals surface area contributed by atoms with Crippen LogP contribution in [0.5, 0.6) is 0 Å². The van der Waals surface area contributed by atoms with Crippen molar-refractivity contribution in [2.45, 2.75) is 38.1 Å². The molecule has 5 N–H and O–H groups in total. The van der Waals surface area contributed by atoms with Crippen LogP contribution in [0.25, 0.3) is 0 Å². The number of nitrogens with one attached hydrogen (secondary N) is 1. The number of carbonyl (C=O) groups is 2. The van der Waals surface area contributed by atoms with Crippen LogP contribution in [0, 0.1) is 29.0 Å². The Labute approximate surface area is 182 Å². The number of hydrogen-bond acceptors (Lipinski definition) is 6. The van der Waals surface area contributed by atoms with Gasteiger partial charge in [0, 0.05) is 18.0 Å². The maximum absolute atomic E-state index is 14.2. The van der Waals surface area contributed by atoms with E-state index in [1.807, 2.05) is 0 Å². The van der Waals surface area contributed by atoms with Gasteiger partial charge in [-0.05, 0) is 73.0 Å². The molecule has 1 aliphatic heterocycles. The average Bonchev–Trinajstić information content (AvgIpc) is 2.98. The Hall–Kier alpha value is -1.88. The summed E-state index contributed by atoms with van der Waals surface area (Å²) in [6.45, 7) is 0.288. The lowest BCUT2D eigenvalue weighted by Gasteiger charge is -2.58. The normalized spacial score (nSPS) is 37.1. The van der Waals surface area contributed by atoms with E-state index in [0.717, 1.165) is 32.1 Å². The molecule has 0 radical (unpaired) electrons. The number of amides is 2. The molecule has 2 amide bonds. The molecule has 4 bridgehead atoms. The Morgan fingerprint density at radius 3 is 2.48 bits per heavy atom. The topological polar surface area (TPSA) is 119 Å². The summed E-state index contributed by atoms with van der Waals surface area (Å²) in [6, 6.07) is 5.93. The lowest BCUT2D eigenvalue weighted by atomic mass is 9.47. The number of primary amides is 1. The van der Waals surface area contributed by atoms with Crippen LogP contribution < -0.4 is 15.4 Å². The first-order chi connectivity index (χ1) is 14.7. The largest absolute Gasteiger partial charge is 0.369 e. The van der Waals surface area contributed by atoms with Crippen molar-refractivity contribution >= 4 is 28.5 Å². The SMILES string of the molecule is NC(=O)C12CC3CC(C1)C(NC(=O)CN1CCN(c4ccccc4F)S1(O)O)C(C3)C2.